The summed E-state index contributed by atoms with van der Waals surface area (Å²) < 4.78 is 27.2. The number of piperidine rings is 1. The van der Waals surface area contributed by atoms with Crippen molar-refractivity contribution >= 4 is 33.2 Å². The Balaban J connectivity index is 1.51. The van der Waals surface area contributed by atoms with Crippen molar-refractivity contribution in [1.82, 2.24) is 19.9 Å². The summed E-state index contributed by atoms with van der Waals surface area (Å²) in [5.41, 5.74) is 0.934. The van der Waals surface area contributed by atoms with Crippen LogP contribution in [-0.4, -0.2) is 49.2 Å². The second kappa shape index (κ2) is 9.95. The molecule has 0 aliphatic carbocycles. The first-order valence-corrected chi connectivity index (χ1v) is 11.8. The summed E-state index contributed by atoms with van der Waals surface area (Å²) in [4.78, 5) is 28.6. The molecule has 0 atom stereocenters. The van der Waals surface area contributed by atoms with Gasteiger partial charge in [-0.3, -0.25) is 14.6 Å². The first-order valence-electron chi connectivity index (χ1n) is 9.50. The van der Waals surface area contributed by atoms with Crippen molar-refractivity contribution in [2.45, 2.75) is 37.1 Å². The van der Waals surface area contributed by atoms with Crippen LogP contribution in [0.15, 0.2) is 40.9 Å². The number of amides is 2. The summed E-state index contributed by atoms with van der Waals surface area (Å²) in [6.07, 6.45) is 6.10. The lowest BCUT2D eigenvalue weighted by Crippen LogP contribution is -2.36. The molecule has 2 aromatic rings. The molecule has 1 saturated heterocycles. The maximum Gasteiger partial charge on any atom is 0.262 e. The van der Waals surface area contributed by atoms with Gasteiger partial charge in [0, 0.05) is 45.0 Å². The Labute approximate surface area is 174 Å². The largest absolute Gasteiger partial charge is 0.352 e. The van der Waals surface area contributed by atoms with Crippen LogP contribution in [0.2, 0.25) is 0 Å². The van der Waals surface area contributed by atoms with Crippen molar-refractivity contribution in [3.05, 3.63) is 46.4 Å². The molecule has 29 heavy (non-hydrogen) atoms. The van der Waals surface area contributed by atoms with Gasteiger partial charge < -0.3 is 10.6 Å². The normalized spacial score (nSPS) is 15.0. The fourth-order valence-electron chi connectivity index (χ4n) is 3.07. The van der Waals surface area contributed by atoms with Crippen LogP contribution in [0.4, 0.5) is 0 Å². The van der Waals surface area contributed by atoms with Gasteiger partial charge in [-0.2, -0.15) is 4.31 Å². The maximum atomic E-state index is 12.9. The lowest BCUT2D eigenvalue weighted by atomic mass is 10.2. The molecule has 10 heteroatoms. The average Bonchev–Trinajstić information content (AvgIpc) is 3.25. The molecule has 3 rings (SSSR count). The minimum Gasteiger partial charge on any atom is -0.352 e. The fourth-order valence-corrected chi connectivity index (χ4v) is 5.90. The molecular weight excluding hydrogens is 412 g/mol. The third-order valence-electron chi connectivity index (χ3n) is 4.64. The number of rotatable bonds is 8. The van der Waals surface area contributed by atoms with E-state index in [1.54, 1.807) is 17.8 Å². The van der Waals surface area contributed by atoms with Crippen molar-refractivity contribution in [3.8, 4) is 0 Å². The van der Waals surface area contributed by atoms with Gasteiger partial charge in [0.15, 0.2) is 0 Å². The van der Waals surface area contributed by atoms with Crippen molar-refractivity contribution in [2.24, 2.45) is 0 Å². The van der Waals surface area contributed by atoms with E-state index in [9.17, 15) is 18.0 Å². The second-order valence-electron chi connectivity index (χ2n) is 6.72. The van der Waals surface area contributed by atoms with E-state index in [0.717, 1.165) is 36.2 Å². The van der Waals surface area contributed by atoms with Gasteiger partial charge in [-0.15, -0.1) is 11.3 Å². The standard InChI is InChI=1S/C19H24N4O4S2/c24-17(22-14-15-4-8-20-9-5-15)6-10-21-19(25)18-16(7-13-28-18)29(26,27)23-11-2-1-3-12-23/h4-5,7-9,13H,1-3,6,10-12,14H2,(H,21,25)(H,22,24). The molecule has 2 aromatic heterocycles. The van der Waals surface area contributed by atoms with Crippen molar-refractivity contribution in [3.63, 3.8) is 0 Å². The average molecular weight is 437 g/mol. The molecule has 156 valence electrons. The van der Waals surface area contributed by atoms with Crippen LogP contribution in [-0.2, 0) is 21.4 Å². The van der Waals surface area contributed by atoms with Gasteiger partial charge in [-0.25, -0.2) is 8.42 Å². The first-order chi connectivity index (χ1) is 14.0. The number of aromatic nitrogens is 1. The Morgan fingerprint density at radius 2 is 1.79 bits per heavy atom. The summed E-state index contributed by atoms with van der Waals surface area (Å²) in [5, 5.41) is 7.02. The highest BCUT2D eigenvalue weighted by Crippen LogP contribution is 2.27. The number of nitrogens with zero attached hydrogens (tertiary/aromatic N) is 2. The van der Waals surface area contributed by atoms with Crippen LogP contribution >= 0.6 is 11.3 Å². The Hall–Kier alpha value is -2.30. The SMILES string of the molecule is O=C(CCNC(=O)c1sccc1S(=O)(=O)N1CCCCC1)NCc1ccncc1. The molecule has 2 amide bonds. The number of nitrogens with one attached hydrogen (secondary N) is 2. The van der Waals surface area contributed by atoms with E-state index in [4.69, 9.17) is 0 Å². The van der Waals surface area contributed by atoms with E-state index in [-0.39, 0.29) is 28.6 Å². The van der Waals surface area contributed by atoms with Crippen molar-refractivity contribution in [1.29, 1.82) is 0 Å². The lowest BCUT2D eigenvalue weighted by Gasteiger charge is -2.25. The minimum atomic E-state index is -3.68. The van der Waals surface area contributed by atoms with E-state index in [1.807, 2.05) is 12.1 Å². The van der Waals surface area contributed by atoms with Crippen LogP contribution in [0.5, 0.6) is 0 Å². The third kappa shape index (κ3) is 5.62. The molecule has 3 heterocycles. The lowest BCUT2D eigenvalue weighted by molar-refractivity contribution is -0.121. The highest BCUT2D eigenvalue weighted by molar-refractivity contribution is 7.89. The zero-order chi connectivity index (χ0) is 20.7. The maximum absolute atomic E-state index is 12.9. The number of carbonyl (C=O) groups is 2. The Morgan fingerprint density at radius 3 is 2.52 bits per heavy atom. The fraction of sp³-hybridized carbons (Fsp3) is 0.421. The van der Waals surface area contributed by atoms with Crippen LogP contribution < -0.4 is 10.6 Å². The number of sulfonamides is 1. The van der Waals surface area contributed by atoms with Gasteiger partial charge in [0.05, 0.1) is 0 Å². The molecule has 0 bridgehead atoms. The molecule has 2 N–H and O–H groups in total. The Bertz CT molecular complexity index is 938. The van der Waals surface area contributed by atoms with Crippen molar-refractivity contribution in [2.75, 3.05) is 19.6 Å². The van der Waals surface area contributed by atoms with Crippen molar-refractivity contribution < 1.29 is 18.0 Å². The first kappa shape index (κ1) is 21.4. The number of hydrogen-bond acceptors (Lipinski definition) is 6. The van der Waals surface area contributed by atoms with Gasteiger partial charge in [0.2, 0.25) is 15.9 Å². The number of thiophene rings is 1. The molecule has 0 aromatic carbocycles. The smallest absolute Gasteiger partial charge is 0.262 e. The topological polar surface area (TPSA) is 108 Å². The number of hydrogen-bond donors (Lipinski definition) is 2. The zero-order valence-corrected chi connectivity index (χ0v) is 17.6. The summed E-state index contributed by atoms with van der Waals surface area (Å²) in [5.74, 6) is -0.674. The van der Waals surface area contributed by atoms with Crippen LogP contribution in [0.25, 0.3) is 0 Å². The van der Waals surface area contributed by atoms with E-state index in [2.05, 4.69) is 15.6 Å². The van der Waals surface area contributed by atoms with Crippen LogP contribution in [0.3, 0.4) is 0 Å². The minimum absolute atomic E-state index is 0.0454. The summed E-state index contributed by atoms with van der Waals surface area (Å²) >= 11 is 1.09. The molecule has 1 fully saturated rings. The molecule has 1 aliphatic heterocycles. The molecule has 0 unspecified atom stereocenters. The van der Waals surface area contributed by atoms with Gasteiger partial charge in [0.25, 0.3) is 5.91 Å². The zero-order valence-electron chi connectivity index (χ0n) is 16.0. The second-order valence-corrected chi connectivity index (χ2v) is 9.54. The molecule has 0 spiro atoms. The van der Waals surface area contributed by atoms with Gasteiger partial charge in [-0.05, 0) is 42.0 Å². The van der Waals surface area contributed by atoms with E-state index in [0.29, 0.717) is 19.6 Å². The Morgan fingerprint density at radius 1 is 1.07 bits per heavy atom. The number of pyridine rings is 1. The monoisotopic (exact) mass is 436 g/mol. The van der Waals surface area contributed by atoms with Gasteiger partial charge >= 0.3 is 0 Å². The third-order valence-corrected chi connectivity index (χ3v) is 7.63. The van der Waals surface area contributed by atoms with E-state index >= 15 is 0 Å². The predicted molar refractivity (Wildman–Crippen MR) is 110 cm³/mol. The summed E-state index contributed by atoms with van der Waals surface area (Å²) in [7, 11) is -3.68. The van der Waals surface area contributed by atoms with Crippen LogP contribution in [0.1, 0.15) is 40.9 Å². The highest BCUT2D eigenvalue weighted by Gasteiger charge is 2.30. The highest BCUT2D eigenvalue weighted by atomic mass is 32.2. The van der Waals surface area contributed by atoms with E-state index < -0.39 is 15.9 Å². The summed E-state index contributed by atoms with van der Waals surface area (Å²) in [6.45, 7) is 1.48. The molecular formula is C19H24N4O4S2. The molecule has 1 aliphatic rings. The molecule has 0 saturated carbocycles. The van der Waals surface area contributed by atoms with Crippen LogP contribution in [0, 0.1) is 0 Å². The summed E-state index contributed by atoms with van der Waals surface area (Å²) in [6, 6.07) is 5.09. The number of carbonyl (C=O) groups excluding carboxylic acids is 2. The van der Waals surface area contributed by atoms with Gasteiger partial charge in [0.1, 0.15) is 9.77 Å². The predicted octanol–water partition coefficient (Wildman–Crippen LogP) is 1.75. The van der Waals surface area contributed by atoms with E-state index in [1.165, 1.54) is 10.4 Å². The van der Waals surface area contributed by atoms with Gasteiger partial charge in [-0.1, -0.05) is 6.42 Å². The Kier molecular flexibility index (Phi) is 7.34. The quantitative estimate of drug-likeness (QED) is 0.655. The molecule has 8 nitrogen and oxygen atoms in total. The molecule has 0 radical (unpaired) electrons.